The van der Waals surface area contributed by atoms with Crippen molar-refractivity contribution in [1.82, 2.24) is 23.8 Å². The molecule has 2 N–H and O–H groups in total. The maximum atomic E-state index is 12.5. The summed E-state index contributed by atoms with van der Waals surface area (Å²) in [6, 6.07) is 26.9. The van der Waals surface area contributed by atoms with Crippen LogP contribution in [0.3, 0.4) is 0 Å². The number of aromatic amines is 1. The zero-order valence-electron chi connectivity index (χ0n) is 19.3. The van der Waals surface area contributed by atoms with Crippen LogP contribution in [-0.2, 0) is 19.6 Å². The van der Waals surface area contributed by atoms with Crippen LogP contribution in [0.4, 0.5) is 0 Å². The summed E-state index contributed by atoms with van der Waals surface area (Å²) in [4.78, 5) is 32.6. The van der Waals surface area contributed by atoms with Crippen LogP contribution in [0.1, 0.15) is 18.1 Å². The maximum Gasteiger partial charge on any atom is 0.330 e. The number of benzene rings is 3. The minimum absolute atomic E-state index is 0.335. The number of hydrogen-bond donors (Lipinski definition) is 2. The number of hydrogen-bond acceptors (Lipinski definition) is 5. The van der Waals surface area contributed by atoms with Gasteiger partial charge in [0.15, 0.2) is 11.2 Å². The van der Waals surface area contributed by atoms with E-state index >= 15 is 0 Å². The second-order valence-corrected chi connectivity index (χ2v) is 9.15. The smallest absolute Gasteiger partial charge is 0.325 e. The molecule has 176 valence electrons. The van der Waals surface area contributed by atoms with Crippen LogP contribution in [0.25, 0.3) is 22.3 Å². The van der Waals surface area contributed by atoms with Gasteiger partial charge in [-0.15, -0.1) is 0 Å². The van der Waals surface area contributed by atoms with Crippen molar-refractivity contribution in [1.29, 1.82) is 0 Å². The molecule has 3 aromatic carbocycles. The van der Waals surface area contributed by atoms with E-state index in [1.807, 2.05) is 49.4 Å². The molecule has 5 rings (SSSR count). The Hall–Kier alpha value is -3.88. The second kappa shape index (κ2) is 10.2. The van der Waals surface area contributed by atoms with Crippen molar-refractivity contribution in [3.8, 4) is 11.1 Å². The fraction of sp³-hybridized carbons (Fsp3) is 0.148. The van der Waals surface area contributed by atoms with E-state index in [4.69, 9.17) is 0 Å². The highest BCUT2D eigenvalue weighted by Gasteiger charge is 2.13. The Kier molecular flexibility index (Phi) is 6.65. The number of H-pyrrole nitrogens is 1. The van der Waals surface area contributed by atoms with Crippen LogP contribution >= 0.6 is 11.9 Å². The summed E-state index contributed by atoms with van der Waals surface area (Å²) < 4.78 is 6.67. The first-order chi connectivity index (χ1) is 17.1. The van der Waals surface area contributed by atoms with Gasteiger partial charge in [0.2, 0.25) is 0 Å². The monoisotopic (exact) mass is 483 g/mol. The molecule has 0 radical (unpaired) electrons. The number of aromatic nitrogens is 4. The fourth-order valence-corrected chi connectivity index (χ4v) is 4.76. The molecule has 0 fully saturated rings. The van der Waals surface area contributed by atoms with Crippen LogP contribution < -0.4 is 16.0 Å². The van der Waals surface area contributed by atoms with Crippen LogP contribution in [0.15, 0.2) is 99.7 Å². The van der Waals surface area contributed by atoms with Gasteiger partial charge in [-0.1, -0.05) is 66.7 Å². The highest BCUT2D eigenvalue weighted by molar-refractivity contribution is 7.97. The molecule has 0 aliphatic carbocycles. The van der Waals surface area contributed by atoms with Crippen molar-refractivity contribution >= 4 is 23.1 Å². The maximum absolute atomic E-state index is 12.5. The summed E-state index contributed by atoms with van der Waals surface area (Å²) >= 11 is 1.60. The molecule has 8 heteroatoms. The molecule has 35 heavy (non-hydrogen) atoms. The molecule has 0 spiro atoms. The first-order valence-corrected chi connectivity index (χ1v) is 12.2. The molecule has 0 saturated heterocycles. The van der Waals surface area contributed by atoms with Crippen molar-refractivity contribution in [2.24, 2.45) is 0 Å². The summed E-state index contributed by atoms with van der Waals surface area (Å²) in [6.07, 6.45) is 1.60. The van der Waals surface area contributed by atoms with E-state index in [9.17, 15) is 9.59 Å². The fourth-order valence-electron chi connectivity index (χ4n) is 4.03. The quantitative estimate of drug-likeness (QED) is 0.319. The number of aryl methyl sites for hydroxylation is 1. The molecule has 5 aromatic rings. The molecule has 0 amide bonds. The summed E-state index contributed by atoms with van der Waals surface area (Å²) in [6.45, 7) is 3.57. The molecule has 2 aromatic heterocycles. The third-order valence-electron chi connectivity index (χ3n) is 5.87. The van der Waals surface area contributed by atoms with Crippen molar-refractivity contribution in [2.45, 2.75) is 31.5 Å². The molecular weight excluding hydrogens is 458 g/mol. The molecule has 0 bridgehead atoms. The Labute approximate surface area is 206 Å². The van der Waals surface area contributed by atoms with E-state index < -0.39 is 11.2 Å². The highest BCUT2D eigenvalue weighted by atomic mass is 32.2. The van der Waals surface area contributed by atoms with Crippen LogP contribution in [-0.4, -0.2) is 19.1 Å². The Morgan fingerprint density at radius 3 is 2.43 bits per heavy atom. The van der Waals surface area contributed by atoms with Crippen molar-refractivity contribution in [3.05, 3.63) is 117 Å². The number of rotatable bonds is 8. The van der Waals surface area contributed by atoms with Crippen LogP contribution in [0.5, 0.6) is 0 Å². The molecule has 7 nitrogen and oxygen atoms in total. The lowest BCUT2D eigenvalue weighted by Gasteiger charge is -2.09. The largest absolute Gasteiger partial charge is 0.330 e. The van der Waals surface area contributed by atoms with Crippen LogP contribution in [0, 0.1) is 0 Å². The first kappa shape index (κ1) is 22.9. The van der Waals surface area contributed by atoms with Crippen molar-refractivity contribution in [2.75, 3.05) is 0 Å². The molecule has 0 saturated carbocycles. The third kappa shape index (κ3) is 4.99. The average Bonchev–Trinajstić information content (AvgIpc) is 3.33. The Bertz CT molecular complexity index is 1570. The van der Waals surface area contributed by atoms with Gasteiger partial charge < -0.3 is 4.57 Å². The zero-order chi connectivity index (χ0) is 24.2. The van der Waals surface area contributed by atoms with Gasteiger partial charge in [-0.3, -0.25) is 19.1 Å². The summed E-state index contributed by atoms with van der Waals surface area (Å²) in [5, 5.41) is 0. The standard InChI is InChI=1S/C27H25N5O2S/c1-2-31-18-28-25-24(31)26(33)30-27(34)32(25)17-20-13-11-19(12-14-20)16-29-35-23-10-6-9-22(15-23)21-7-4-3-5-8-21/h3-15,18,29H,2,16-17H2,1H3,(H,30,33,34). The van der Waals surface area contributed by atoms with Gasteiger partial charge in [-0.05, 0) is 53.3 Å². The van der Waals surface area contributed by atoms with E-state index in [2.05, 4.69) is 51.1 Å². The molecule has 2 heterocycles. The van der Waals surface area contributed by atoms with E-state index in [-0.39, 0.29) is 0 Å². The predicted molar refractivity (Wildman–Crippen MR) is 140 cm³/mol. The lowest BCUT2D eigenvalue weighted by atomic mass is 10.1. The predicted octanol–water partition coefficient (Wildman–Crippen LogP) is 4.42. The minimum atomic E-state index is -0.455. The Balaban J connectivity index is 1.24. The van der Waals surface area contributed by atoms with E-state index in [1.165, 1.54) is 15.7 Å². The number of imidazole rings is 1. The van der Waals surface area contributed by atoms with Gasteiger partial charge in [0, 0.05) is 18.0 Å². The van der Waals surface area contributed by atoms with Crippen molar-refractivity contribution < 1.29 is 0 Å². The van der Waals surface area contributed by atoms with E-state index in [1.54, 1.807) is 22.8 Å². The van der Waals surface area contributed by atoms with Crippen molar-refractivity contribution in [3.63, 3.8) is 0 Å². The number of fused-ring (bicyclic) bond motifs is 1. The van der Waals surface area contributed by atoms with Gasteiger partial charge in [0.05, 0.1) is 12.9 Å². The molecule has 0 unspecified atom stereocenters. The molecular formula is C27H25N5O2S. The van der Waals surface area contributed by atoms with Gasteiger partial charge in [0.25, 0.3) is 5.56 Å². The highest BCUT2D eigenvalue weighted by Crippen LogP contribution is 2.24. The average molecular weight is 484 g/mol. The number of nitrogens with one attached hydrogen (secondary N) is 2. The number of nitrogens with zero attached hydrogens (tertiary/aromatic N) is 3. The minimum Gasteiger partial charge on any atom is -0.325 e. The SMILES string of the molecule is CCn1cnc2c1c(=O)[nH]c(=O)n2Cc1ccc(CNSc2cccc(-c3ccccc3)c2)cc1. The zero-order valence-corrected chi connectivity index (χ0v) is 20.1. The van der Waals surface area contributed by atoms with Gasteiger partial charge in [-0.2, -0.15) is 0 Å². The van der Waals surface area contributed by atoms with Gasteiger partial charge in [0.1, 0.15) is 0 Å². The first-order valence-electron chi connectivity index (χ1n) is 11.4. The van der Waals surface area contributed by atoms with E-state index in [0.717, 1.165) is 16.0 Å². The topological polar surface area (TPSA) is 84.7 Å². The lowest BCUT2D eigenvalue weighted by molar-refractivity contribution is 0.742. The van der Waals surface area contributed by atoms with E-state index in [0.29, 0.717) is 30.8 Å². The second-order valence-electron chi connectivity index (χ2n) is 8.18. The summed E-state index contributed by atoms with van der Waals surface area (Å²) in [5.41, 5.74) is 4.44. The summed E-state index contributed by atoms with van der Waals surface area (Å²) in [7, 11) is 0. The van der Waals surface area contributed by atoms with Gasteiger partial charge >= 0.3 is 5.69 Å². The van der Waals surface area contributed by atoms with Gasteiger partial charge in [-0.25, -0.2) is 9.78 Å². The van der Waals surface area contributed by atoms with Crippen LogP contribution in [0.2, 0.25) is 0 Å². The third-order valence-corrected chi connectivity index (χ3v) is 6.64. The Morgan fingerprint density at radius 1 is 0.914 bits per heavy atom. The molecule has 0 atom stereocenters. The molecule has 0 aliphatic heterocycles. The normalized spacial score (nSPS) is 11.2. The lowest BCUT2D eigenvalue weighted by Crippen LogP contribution is -2.31. The summed E-state index contributed by atoms with van der Waals surface area (Å²) in [5.74, 6) is 0. The molecule has 0 aliphatic rings. The Morgan fingerprint density at radius 2 is 1.66 bits per heavy atom.